The highest BCUT2D eigenvalue weighted by Gasteiger charge is 2.47. The molecular weight excluding hydrogens is 1710 g/mol. The summed E-state index contributed by atoms with van der Waals surface area (Å²) in [5.74, 6) is -0.948. The number of aromatic nitrogens is 7. The van der Waals surface area contributed by atoms with Crippen LogP contribution in [0.3, 0.4) is 0 Å². The molecule has 20 rings (SSSR count). The Morgan fingerprint density at radius 1 is 0.452 bits per heavy atom. The van der Waals surface area contributed by atoms with Gasteiger partial charge < -0.3 is 70.8 Å². The number of nitrogens with zero attached hydrogens (tertiary/aromatic N) is 13. The average molecular weight is 1810 g/mol. The summed E-state index contributed by atoms with van der Waals surface area (Å²) in [7, 11) is 0. The van der Waals surface area contributed by atoms with Gasteiger partial charge in [-0.25, -0.2) is 29.3 Å². The molecule has 5 aliphatic carbocycles. The van der Waals surface area contributed by atoms with Gasteiger partial charge in [0.2, 0.25) is 41.4 Å². The number of nitrogens with one attached hydrogen (secondary N) is 6. The number of hydrogen-bond acceptors (Lipinski definition) is 24. The van der Waals surface area contributed by atoms with Gasteiger partial charge >= 0.3 is 0 Å². The summed E-state index contributed by atoms with van der Waals surface area (Å²) >= 11 is 0. The number of pyridine rings is 5. The molecule has 6 aromatic heterocycles. The molecule has 7 aromatic carbocycles. The molecule has 0 bridgehead atoms. The Morgan fingerprint density at radius 3 is 1.22 bits per heavy atom. The lowest BCUT2D eigenvalue weighted by atomic mass is 9.96. The van der Waals surface area contributed by atoms with E-state index < -0.39 is 5.82 Å². The van der Waals surface area contributed by atoms with Crippen molar-refractivity contribution in [1.29, 1.82) is 26.3 Å². The van der Waals surface area contributed by atoms with Crippen LogP contribution in [-0.4, -0.2) is 88.6 Å². The zero-order valence-corrected chi connectivity index (χ0v) is 75.1. The smallest absolute Gasteiger partial charge is 0.230 e. The first-order chi connectivity index (χ1) is 64.8. The molecule has 680 valence electrons. The average Bonchev–Trinajstić information content (AvgIpc) is 1.46. The minimum Gasteiger partial charge on any atom is -0.398 e. The van der Waals surface area contributed by atoms with Crippen LogP contribution < -0.4 is 70.8 Å². The van der Waals surface area contributed by atoms with Crippen LogP contribution in [0.2, 0.25) is 0 Å². The number of anilines is 13. The van der Waals surface area contributed by atoms with Crippen molar-refractivity contribution in [2.24, 2.45) is 65.1 Å². The monoisotopic (exact) mass is 1800 g/mol. The molecule has 2 saturated heterocycles. The van der Waals surface area contributed by atoms with Crippen LogP contribution in [0, 0.1) is 148 Å². The summed E-state index contributed by atoms with van der Waals surface area (Å²) in [4.78, 5) is 110. The first-order valence-corrected chi connectivity index (χ1v) is 44.6. The van der Waals surface area contributed by atoms with Gasteiger partial charge in [-0.2, -0.15) is 31.4 Å². The number of halogens is 1. The quantitative estimate of drug-likeness (QED) is 0.0377. The van der Waals surface area contributed by atoms with Crippen LogP contribution >= 0.6 is 0 Å². The Morgan fingerprint density at radius 2 is 0.822 bits per heavy atom. The van der Waals surface area contributed by atoms with Crippen LogP contribution in [0.25, 0.3) is 87.2 Å². The van der Waals surface area contributed by atoms with E-state index in [2.05, 4.69) is 113 Å². The Kier molecular flexibility index (Phi) is 25.8. The van der Waals surface area contributed by atoms with Crippen molar-refractivity contribution in [3.05, 3.63) is 187 Å². The summed E-state index contributed by atoms with van der Waals surface area (Å²) in [6.07, 6.45) is 14.6. The highest BCUT2D eigenvalue weighted by molar-refractivity contribution is 6.08. The van der Waals surface area contributed by atoms with Crippen molar-refractivity contribution in [1.82, 2.24) is 35.1 Å². The molecule has 8 heterocycles. The molecule has 32 nitrogen and oxygen atoms in total. The SMILES string of the molecule is CC(C)C1CCC(=O)N1c1cc(N)c2cnc(NC(=O)C3CC3C#N)cc2c1.CC1CCC(=O)N1c1cc(N)c2cnc(NC(=O)C3CC3C#N)cc2c1.CCc1n[nH]c(C)c1-c1cc(N)c2cnc(NC(=O)C3CC3C#N)cc2c1.Cc1c(N)cccc1-c1cc(N)c2cnc(NC(=O)C3CC3C#N)cc2c1.Cc1ccccc1-c1cc2cc(NC(=O)C3CC3C#N)ncc2c(N)c1F. The lowest BCUT2D eigenvalue weighted by Gasteiger charge is -2.28. The molecule has 135 heavy (non-hydrogen) atoms. The minimum atomic E-state index is -0.481. The molecule has 7 aliphatic rings. The summed E-state index contributed by atoms with van der Waals surface area (Å²) < 4.78 is 14.9. The Bertz CT molecular complexity index is 7290. The Hall–Kier alpha value is -16.7. The van der Waals surface area contributed by atoms with Crippen molar-refractivity contribution in [2.75, 3.05) is 70.8 Å². The summed E-state index contributed by atoms with van der Waals surface area (Å²) in [5, 5.41) is 73.4. The van der Waals surface area contributed by atoms with E-state index in [1.54, 1.807) is 66.1 Å². The van der Waals surface area contributed by atoms with Gasteiger partial charge in [0.15, 0.2) is 5.82 Å². The fraction of sp³-hybridized carbons (Fsp3) is 0.294. The van der Waals surface area contributed by atoms with Crippen LogP contribution in [0.1, 0.15) is 108 Å². The summed E-state index contributed by atoms with van der Waals surface area (Å²) in [6, 6.07) is 50.0. The number of carbonyl (C=O) groups is 7. The van der Waals surface area contributed by atoms with Crippen molar-refractivity contribution >= 4 is 170 Å². The highest BCUT2D eigenvalue weighted by atomic mass is 19.1. The fourth-order valence-electron chi connectivity index (χ4n) is 17.6. The number of benzene rings is 7. The third kappa shape index (κ3) is 19.6. The zero-order chi connectivity index (χ0) is 95.8. The predicted octanol–water partition coefficient (Wildman–Crippen LogP) is 16.2. The van der Waals surface area contributed by atoms with E-state index >= 15 is 0 Å². The number of nitriles is 5. The maximum absolute atomic E-state index is 14.9. The molecule has 18 N–H and O–H groups in total. The lowest BCUT2D eigenvalue weighted by Crippen LogP contribution is -2.36. The number of amides is 7. The van der Waals surface area contributed by atoms with E-state index in [0.717, 1.165) is 130 Å². The van der Waals surface area contributed by atoms with Crippen molar-refractivity contribution < 1.29 is 38.0 Å². The van der Waals surface area contributed by atoms with Crippen LogP contribution in [0.15, 0.2) is 158 Å². The second kappa shape index (κ2) is 38.0. The van der Waals surface area contributed by atoms with Gasteiger partial charge in [-0.3, -0.25) is 38.7 Å². The maximum Gasteiger partial charge on any atom is 0.230 e. The molecule has 12 unspecified atom stereocenters. The number of rotatable bonds is 17. The first kappa shape index (κ1) is 91.6. The van der Waals surface area contributed by atoms with Gasteiger partial charge in [0.05, 0.1) is 101 Å². The van der Waals surface area contributed by atoms with Gasteiger partial charge in [0.1, 0.15) is 29.1 Å². The standard InChI is InChI=1S/C21H17FN4O.C21H23N5O2.C21H19N5O.C20H20N6O.C19H19N5O2/c1-11-4-2-3-5-14(11)16-6-12-8-18(25-10-17(12)20(24)19(16)22)26-21(27)15-7-13(15)9-23;1-11(2)18-3-4-20(27)26(18)14-5-12-7-19(24-10-16(12)17(23)8-14)25-21(28)15-6-13(15)9-22;1-11-15(3-2-4-18(11)23)12-5-13-8-20(25-10-17(13)19(24)7-12)26-21(27)16-6-14(16)9-22;1-3-17-19(10(2)25-26-17)12-4-11-7-18(23-9-15(11)16(22)6-12)24-20(27)14-5-13(14)8-21;1-10-2-3-18(25)24(10)13-4-11-6-17(22-9-15(11)16(21)7-13)23-19(26)14-5-12(14)8-20/h2-6,8,10,13,15H,7,24H2,1H3,(H,25,26,27);5,7-8,10-11,13,15,18H,3-4,6,23H2,1-2H3,(H,24,25,28);2-5,7-8,10,14,16H,6,23-24H2,1H3,(H,25,26,27);4,6-7,9,13-14H,3,5,22H2,1-2H3,(H,25,26)(H,23,24,27);4,6-7,9-10,12,14H,2-3,5,21H2,1H3,(H,22,23,26). The van der Waals surface area contributed by atoms with E-state index in [4.69, 9.17) is 60.7 Å². The number of nitrogen functional groups attached to an aromatic ring is 6. The van der Waals surface area contributed by atoms with Gasteiger partial charge in [-0.15, -0.1) is 0 Å². The molecule has 7 fully saturated rings. The largest absolute Gasteiger partial charge is 0.398 e. The molecule has 7 amide bonds. The molecule has 12 atom stereocenters. The molecule has 5 saturated carbocycles. The molecule has 0 spiro atoms. The number of carbonyl (C=O) groups excluding carboxylic acids is 7. The normalized spacial score (nSPS) is 20.6. The van der Waals surface area contributed by atoms with E-state index in [0.29, 0.717) is 119 Å². The second-order valence-corrected chi connectivity index (χ2v) is 35.8. The lowest BCUT2D eigenvalue weighted by molar-refractivity contribution is -0.118. The van der Waals surface area contributed by atoms with Gasteiger partial charge in [-0.1, -0.05) is 57.2 Å². The molecule has 2 aliphatic heterocycles. The van der Waals surface area contributed by atoms with Crippen molar-refractivity contribution in [2.45, 2.75) is 125 Å². The molecular formula is C102H98FN25O7. The number of fused-ring (bicyclic) bond motifs is 5. The maximum atomic E-state index is 14.9. The summed E-state index contributed by atoms with van der Waals surface area (Å²) in [5.41, 5.74) is 50.7. The Labute approximate surface area is 776 Å². The van der Waals surface area contributed by atoms with Crippen LogP contribution in [0.5, 0.6) is 0 Å². The van der Waals surface area contributed by atoms with E-state index in [1.165, 1.54) is 6.20 Å². The second-order valence-electron chi connectivity index (χ2n) is 35.8. The predicted molar refractivity (Wildman–Crippen MR) is 518 cm³/mol. The van der Waals surface area contributed by atoms with E-state index in [9.17, 15) is 38.0 Å². The van der Waals surface area contributed by atoms with Crippen LogP contribution in [0.4, 0.5) is 79.0 Å². The topological polar surface area (TPSA) is 554 Å². The Balaban J connectivity index is 0.000000123. The summed E-state index contributed by atoms with van der Waals surface area (Å²) in [6.45, 7) is 14.2. The number of hydrogen-bond donors (Lipinski definition) is 12. The number of aryl methyl sites for hydroxylation is 3. The third-order valence-corrected chi connectivity index (χ3v) is 26.0. The van der Waals surface area contributed by atoms with Crippen LogP contribution in [-0.2, 0) is 40.0 Å². The molecule has 0 radical (unpaired) electrons. The number of nitrogens with two attached hydrogens (primary N) is 6. The van der Waals surface area contributed by atoms with Gasteiger partial charge in [0, 0.05) is 139 Å². The zero-order valence-electron chi connectivity index (χ0n) is 75.1. The van der Waals surface area contributed by atoms with E-state index in [1.807, 2.05) is 124 Å². The van der Waals surface area contributed by atoms with Crippen molar-refractivity contribution in [3.8, 4) is 63.7 Å². The van der Waals surface area contributed by atoms with E-state index in [-0.39, 0.29) is 118 Å². The first-order valence-electron chi connectivity index (χ1n) is 44.6. The molecule has 33 heteroatoms. The number of aromatic amines is 1. The molecule has 13 aromatic rings. The van der Waals surface area contributed by atoms with Gasteiger partial charge in [0.25, 0.3) is 0 Å². The van der Waals surface area contributed by atoms with Crippen molar-refractivity contribution in [3.63, 3.8) is 0 Å². The highest BCUT2D eigenvalue weighted by Crippen LogP contribution is 2.46. The fourth-order valence-corrected chi connectivity index (χ4v) is 17.6. The minimum absolute atomic E-state index is 0.0304. The van der Waals surface area contributed by atoms with Gasteiger partial charge in [-0.05, 0) is 236 Å². The third-order valence-electron chi connectivity index (χ3n) is 26.0. The number of H-pyrrole nitrogens is 1.